The van der Waals surface area contributed by atoms with Crippen LogP contribution in [0.1, 0.15) is 29.3 Å². The third kappa shape index (κ3) is 3.95. The SMILES string of the molecule is COC(OC)C(C)CC(=O)c1ccc(C)cc1. The molecule has 1 aromatic carbocycles. The van der Waals surface area contributed by atoms with Crippen LogP contribution < -0.4 is 0 Å². The van der Waals surface area contributed by atoms with E-state index in [-0.39, 0.29) is 18.0 Å². The molecule has 0 aliphatic carbocycles. The molecule has 0 aliphatic rings. The molecule has 0 N–H and O–H groups in total. The first kappa shape index (κ1) is 13.9. The molecule has 0 amide bonds. The lowest BCUT2D eigenvalue weighted by molar-refractivity contribution is -0.132. The highest BCUT2D eigenvalue weighted by Crippen LogP contribution is 2.16. The zero-order valence-corrected chi connectivity index (χ0v) is 10.9. The van der Waals surface area contributed by atoms with E-state index < -0.39 is 0 Å². The van der Waals surface area contributed by atoms with Gasteiger partial charge in [-0.1, -0.05) is 36.8 Å². The minimum Gasteiger partial charge on any atom is -0.356 e. The Hall–Kier alpha value is -1.19. The van der Waals surface area contributed by atoms with Crippen LogP contribution >= 0.6 is 0 Å². The van der Waals surface area contributed by atoms with E-state index in [4.69, 9.17) is 9.47 Å². The molecule has 0 saturated heterocycles. The summed E-state index contributed by atoms with van der Waals surface area (Å²) in [5.41, 5.74) is 1.90. The van der Waals surface area contributed by atoms with Crippen LogP contribution in [0.25, 0.3) is 0 Å². The Labute approximate surface area is 103 Å². The Morgan fingerprint density at radius 3 is 2.18 bits per heavy atom. The number of carbonyl (C=O) groups excluding carboxylic acids is 1. The van der Waals surface area contributed by atoms with Crippen molar-refractivity contribution in [2.75, 3.05) is 14.2 Å². The summed E-state index contributed by atoms with van der Waals surface area (Å²) in [6, 6.07) is 7.61. The van der Waals surface area contributed by atoms with Crippen LogP contribution in [-0.4, -0.2) is 26.3 Å². The van der Waals surface area contributed by atoms with Gasteiger partial charge in [0.15, 0.2) is 12.1 Å². The number of hydrogen-bond donors (Lipinski definition) is 0. The van der Waals surface area contributed by atoms with Gasteiger partial charge in [0.1, 0.15) is 0 Å². The molecule has 3 heteroatoms. The number of Topliss-reactive ketones (excluding diaryl/α,β-unsaturated/α-hetero) is 1. The zero-order valence-electron chi connectivity index (χ0n) is 10.9. The van der Waals surface area contributed by atoms with Crippen molar-refractivity contribution < 1.29 is 14.3 Å². The highest BCUT2D eigenvalue weighted by molar-refractivity contribution is 5.96. The van der Waals surface area contributed by atoms with Gasteiger partial charge in [-0.3, -0.25) is 4.79 Å². The molecule has 0 heterocycles. The summed E-state index contributed by atoms with van der Waals surface area (Å²) in [5, 5.41) is 0. The van der Waals surface area contributed by atoms with E-state index in [0.29, 0.717) is 6.42 Å². The van der Waals surface area contributed by atoms with Gasteiger partial charge in [0.05, 0.1) is 0 Å². The van der Waals surface area contributed by atoms with Crippen molar-refractivity contribution in [2.24, 2.45) is 5.92 Å². The summed E-state index contributed by atoms with van der Waals surface area (Å²) in [6.45, 7) is 3.95. The normalized spacial score (nSPS) is 12.8. The van der Waals surface area contributed by atoms with Crippen molar-refractivity contribution in [3.05, 3.63) is 35.4 Å². The first-order valence-electron chi connectivity index (χ1n) is 5.74. The number of carbonyl (C=O) groups is 1. The maximum absolute atomic E-state index is 12.0. The Balaban J connectivity index is 2.62. The van der Waals surface area contributed by atoms with Crippen LogP contribution in [0.4, 0.5) is 0 Å². The molecule has 3 nitrogen and oxygen atoms in total. The molecule has 0 saturated carbocycles. The van der Waals surface area contributed by atoms with Crippen LogP contribution in [0.5, 0.6) is 0 Å². The van der Waals surface area contributed by atoms with E-state index in [2.05, 4.69) is 0 Å². The molecule has 1 aromatic rings. The van der Waals surface area contributed by atoms with Gasteiger partial charge < -0.3 is 9.47 Å². The molecule has 0 aliphatic heterocycles. The molecule has 1 unspecified atom stereocenters. The molecule has 0 fully saturated rings. The fraction of sp³-hybridized carbons (Fsp3) is 0.500. The summed E-state index contributed by atoms with van der Waals surface area (Å²) >= 11 is 0. The molecule has 17 heavy (non-hydrogen) atoms. The summed E-state index contributed by atoms with van der Waals surface area (Å²) in [6.07, 6.45) is 0.0967. The van der Waals surface area contributed by atoms with E-state index in [0.717, 1.165) is 11.1 Å². The lowest BCUT2D eigenvalue weighted by Gasteiger charge is -2.20. The van der Waals surface area contributed by atoms with Gasteiger partial charge in [0.25, 0.3) is 0 Å². The molecule has 0 aromatic heterocycles. The van der Waals surface area contributed by atoms with Gasteiger partial charge in [-0.05, 0) is 6.92 Å². The third-order valence-electron chi connectivity index (χ3n) is 2.81. The van der Waals surface area contributed by atoms with E-state index in [9.17, 15) is 4.79 Å². The van der Waals surface area contributed by atoms with E-state index in [1.54, 1.807) is 14.2 Å². The fourth-order valence-electron chi connectivity index (χ4n) is 1.81. The van der Waals surface area contributed by atoms with Crippen LogP contribution in [-0.2, 0) is 9.47 Å². The van der Waals surface area contributed by atoms with Gasteiger partial charge in [0.2, 0.25) is 0 Å². The van der Waals surface area contributed by atoms with Gasteiger partial charge in [0, 0.05) is 32.1 Å². The quantitative estimate of drug-likeness (QED) is 0.563. The first-order chi connectivity index (χ1) is 8.08. The second-order valence-corrected chi connectivity index (χ2v) is 4.31. The Kier molecular flexibility index (Phi) is 5.32. The highest BCUT2D eigenvalue weighted by Gasteiger charge is 2.19. The van der Waals surface area contributed by atoms with Crippen molar-refractivity contribution in [3.8, 4) is 0 Å². The van der Waals surface area contributed by atoms with Crippen LogP contribution in [0.3, 0.4) is 0 Å². The molecule has 0 radical (unpaired) electrons. The Morgan fingerprint density at radius 1 is 1.18 bits per heavy atom. The number of ketones is 1. The summed E-state index contributed by atoms with van der Waals surface area (Å²) in [7, 11) is 3.17. The minimum absolute atomic E-state index is 0.0406. The van der Waals surface area contributed by atoms with Gasteiger partial charge >= 0.3 is 0 Å². The minimum atomic E-state index is -0.329. The highest BCUT2D eigenvalue weighted by atomic mass is 16.7. The second kappa shape index (κ2) is 6.52. The van der Waals surface area contributed by atoms with Gasteiger partial charge in [-0.2, -0.15) is 0 Å². The molecular weight excluding hydrogens is 216 g/mol. The van der Waals surface area contributed by atoms with E-state index in [1.165, 1.54) is 0 Å². The first-order valence-corrected chi connectivity index (χ1v) is 5.74. The van der Waals surface area contributed by atoms with E-state index >= 15 is 0 Å². The van der Waals surface area contributed by atoms with Crippen molar-refractivity contribution in [3.63, 3.8) is 0 Å². The van der Waals surface area contributed by atoms with Crippen LogP contribution in [0, 0.1) is 12.8 Å². The maximum atomic E-state index is 12.0. The summed E-state index contributed by atoms with van der Waals surface area (Å²) in [4.78, 5) is 12.0. The number of benzene rings is 1. The second-order valence-electron chi connectivity index (χ2n) is 4.31. The van der Waals surface area contributed by atoms with Crippen molar-refractivity contribution in [1.29, 1.82) is 0 Å². The lowest BCUT2D eigenvalue weighted by atomic mass is 9.98. The van der Waals surface area contributed by atoms with Gasteiger partial charge in [-0.25, -0.2) is 0 Å². The van der Waals surface area contributed by atoms with Crippen LogP contribution in [0.15, 0.2) is 24.3 Å². The van der Waals surface area contributed by atoms with E-state index in [1.807, 2.05) is 38.1 Å². The standard InChI is InChI=1S/C14H20O3/c1-10-5-7-12(8-6-10)13(15)9-11(2)14(16-3)17-4/h5-8,11,14H,9H2,1-4H3. The Morgan fingerprint density at radius 2 is 1.71 bits per heavy atom. The smallest absolute Gasteiger partial charge is 0.163 e. The summed E-state index contributed by atoms with van der Waals surface area (Å²) < 4.78 is 10.3. The lowest BCUT2D eigenvalue weighted by Crippen LogP contribution is -2.24. The largest absolute Gasteiger partial charge is 0.356 e. The molecule has 94 valence electrons. The average molecular weight is 236 g/mol. The number of hydrogen-bond acceptors (Lipinski definition) is 3. The number of aryl methyl sites for hydroxylation is 1. The summed E-state index contributed by atoms with van der Waals surface area (Å²) in [5.74, 6) is 0.162. The molecule has 1 rings (SSSR count). The topological polar surface area (TPSA) is 35.5 Å². The number of rotatable bonds is 6. The monoisotopic (exact) mass is 236 g/mol. The average Bonchev–Trinajstić information content (AvgIpc) is 2.31. The van der Waals surface area contributed by atoms with Crippen molar-refractivity contribution >= 4 is 5.78 Å². The molecule has 0 bridgehead atoms. The predicted octanol–water partition coefficient (Wildman–Crippen LogP) is 2.82. The zero-order chi connectivity index (χ0) is 12.8. The van der Waals surface area contributed by atoms with Crippen molar-refractivity contribution in [1.82, 2.24) is 0 Å². The third-order valence-corrected chi connectivity index (χ3v) is 2.81. The van der Waals surface area contributed by atoms with Crippen molar-refractivity contribution in [2.45, 2.75) is 26.6 Å². The molecule has 1 atom stereocenters. The number of methoxy groups -OCH3 is 2. The maximum Gasteiger partial charge on any atom is 0.163 e. The van der Waals surface area contributed by atoms with Crippen LogP contribution in [0.2, 0.25) is 0 Å². The fourth-order valence-corrected chi connectivity index (χ4v) is 1.81. The Bertz CT molecular complexity index is 352. The van der Waals surface area contributed by atoms with Gasteiger partial charge in [-0.15, -0.1) is 0 Å². The molecular formula is C14H20O3. The number of ether oxygens (including phenoxy) is 2. The predicted molar refractivity (Wildman–Crippen MR) is 67.1 cm³/mol. The molecule has 0 spiro atoms.